The Morgan fingerprint density at radius 2 is 1.56 bits per heavy atom. The molecule has 3 aromatic carbocycles. The molecule has 1 amide bonds. The van der Waals surface area contributed by atoms with Crippen LogP contribution in [0.25, 0.3) is 6.08 Å². The van der Waals surface area contributed by atoms with Crippen molar-refractivity contribution in [3.8, 4) is 0 Å². The number of rotatable bonds is 8. The molecule has 8 heteroatoms. The maximum absolute atomic E-state index is 13.1. The smallest absolute Gasteiger partial charge is 0.253 e. The van der Waals surface area contributed by atoms with Gasteiger partial charge < -0.3 is 4.90 Å². The van der Waals surface area contributed by atoms with Crippen molar-refractivity contribution in [1.29, 1.82) is 0 Å². The highest BCUT2D eigenvalue weighted by molar-refractivity contribution is 7.92. The molecular weight excluding hydrogens is 494 g/mol. The largest absolute Gasteiger partial charge is 0.336 e. The molecule has 188 valence electrons. The van der Waals surface area contributed by atoms with Crippen LogP contribution in [0.4, 0.5) is 5.69 Å². The fraction of sp³-hybridized carbons (Fsp3) is 0.250. The summed E-state index contributed by atoms with van der Waals surface area (Å²) >= 11 is 6.25. The molecule has 1 heterocycles. The molecule has 0 aliphatic carbocycles. The van der Waals surface area contributed by atoms with Crippen LogP contribution in [0.1, 0.15) is 21.5 Å². The van der Waals surface area contributed by atoms with Gasteiger partial charge in [-0.15, -0.1) is 0 Å². The van der Waals surface area contributed by atoms with E-state index in [-0.39, 0.29) is 12.5 Å². The van der Waals surface area contributed by atoms with E-state index in [0.717, 1.165) is 25.9 Å². The predicted octanol–water partition coefficient (Wildman–Crippen LogP) is 4.78. The molecule has 1 aliphatic heterocycles. The minimum Gasteiger partial charge on any atom is -0.336 e. The van der Waals surface area contributed by atoms with Gasteiger partial charge in [-0.1, -0.05) is 72.3 Å². The molecule has 0 radical (unpaired) electrons. The normalized spacial score (nSPS) is 14.8. The van der Waals surface area contributed by atoms with Gasteiger partial charge in [-0.05, 0) is 41.5 Å². The van der Waals surface area contributed by atoms with E-state index in [0.29, 0.717) is 34.9 Å². The van der Waals surface area contributed by atoms with Crippen molar-refractivity contribution in [3.63, 3.8) is 0 Å². The second-order valence-electron chi connectivity index (χ2n) is 8.81. The molecule has 3 aromatic rings. The van der Waals surface area contributed by atoms with E-state index >= 15 is 0 Å². The second kappa shape index (κ2) is 11.7. The number of carbonyl (C=O) groups excluding carboxylic acids is 1. The predicted molar refractivity (Wildman–Crippen MR) is 147 cm³/mol. The lowest BCUT2D eigenvalue weighted by atomic mass is 10.1. The van der Waals surface area contributed by atoms with E-state index < -0.39 is 10.0 Å². The van der Waals surface area contributed by atoms with Crippen molar-refractivity contribution in [2.45, 2.75) is 6.54 Å². The Hall–Kier alpha value is -3.13. The maximum atomic E-state index is 13.1. The summed E-state index contributed by atoms with van der Waals surface area (Å²) in [7, 11) is -3.55. The number of sulfonamides is 1. The highest BCUT2D eigenvalue weighted by Gasteiger charge is 2.23. The monoisotopic (exact) mass is 523 g/mol. The zero-order chi connectivity index (χ0) is 25.5. The van der Waals surface area contributed by atoms with Crippen LogP contribution in [-0.2, 0) is 16.6 Å². The molecule has 0 unspecified atom stereocenters. The number of anilines is 1. The fourth-order valence-corrected chi connectivity index (χ4v) is 5.24. The lowest BCUT2D eigenvalue weighted by Crippen LogP contribution is -2.48. The van der Waals surface area contributed by atoms with Crippen molar-refractivity contribution in [1.82, 2.24) is 9.80 Å². The summed E-state index contributed by atoms with van der Waals surface area (Å²) in [5.41, 5.74) is 2.92. The summed E-state index contributed by atoms with van der Waals surface area (Å²) in [4.78, 5) is 17.2. The van der Waals surface area contributed by atoms with Crippen LogP contribution in [0, 0.1) is 0 Å². The maximum Gasteiger partial charge on any atom is 0.253 e. The van der Waals surface area contributed by atoms with Gasteiger partial charge in [0.05, 0.1) is 18.5 Å². The second-order valence-corrected chi connectivity index (χ2v) is 11.1. The first-order valence-corrected chi connectivity index (χ1v) is 14.1. The molecule has 0 N–H and O–H groups in total. The summed E-state index contributed by atoms with van der Waals surface area (Å²) in [5.74, 6) is -0.0435. The van der Waals surface area contributed by atoms with Crippen molar-refractivity contribution >= 4 is 39.3 Å². The van der Waals surface area contributed by atoms with Crippen LogP contribution >= 0.6 is 11.6 Å². The van der Waals surface area contributed by atoms with E-state index in [1.54, 1.807) is 42.5 Å². The molecule has 0 bridgehead atoms. The molecule has 1 aliphatic rings. The Bertz CT molecular complexity index is 1300. The number of hydrogen-bond donors (Lipinski definition) is 0. The average molecular weight is 524 g/mol. The molecular formula is C28H30ClN3O3S. The van der Waals surface area contributed by atoms with Crippen LogP contribution in [0.2, 0.25) is 5.02 Å². The fourth-order valence-electron chi connectivity index (χ4n) is 4.17. The van der Waals surface area contributed by atoms with Gasteiger partial charge in [0, 0.05) is 43.3 Å². The first kappa shape index (κ1) is 25.9. The lowest BCUT2D eigenvalue weighted by molar-refractivity contribution is 0.0650. The molecule has 1 saturated heterocycles. The van der Waals surface area contributed by atoms with Gasteiger partial charge in [-0.2, -0.15) is 0 Å². The van der Waals surface area contributed by atoms with Gasteiger partial charge in [0.15, 0.2) is 0 Å². The minimum absolute atomic E-state index is 0.0435. The molecule has 0 atom stereocenters. The summed E-state index contributed by atoms with van der Waals surface area (Å²) < 4.78 is 26.3. The number of piperazine rings is 1. The average Bonchev–Trinajstić information content (AvgIpc) is 2.88. The Kier molecular flexibility index (Phi) is 8.46. The SMILES string of the molecule is CS(=O)(=O)N(Cc1ccccc1Cl)c1ccc(C(=O)N2CCN(C/C=C/c3ccccc3)CC2)cc1. The first-order valence-electron chi connectivity index (χ1n) is 11.9. The molecule has 6 nitrogen and oxygen atoms in total. The first-order chi connectivity index (χ1) is 17.3. The van der Waals surface area contributed by atoms with Gasteiger partial charge in [0.2, 0.25) is 10.0 Å². The zero-order valence-electron chi connectivity index (χ0n) is 20.3. The van der Waals surface area contributed by atoms with E-state index in [4.69, 9.17) is 11.6 Å². The third kappa shape index (κ3) is 6.75. The summed E-state index contributed by atoms with van der Waals surface area (Å²) in [6.45, 7) is 3.89. The molecule has 0 spiro atoms. The van der Waals surface area contributed by atoms with Crippen molar-refractivity contribution < 1.29 is 13.2 Å². The van der Waals surface area contributed by atoms with Crippen LogP contribution in [0.15, 0.2) is 84.9 Å². The quantitative estimate of drug-likeness (QED) is 0.426. The Labute approximate surface area is 218 Å². The number of hydrogen-bond acceptors (Lipinski definition) is 4. The Balaban J connectivity index is 1.36. The standard InChI is InChI=1S/C28H30ClN3O3S/c1-36(34,35)32(22-25-11-5-6-12-27(25)29)26-15-13-24(14-16-26)28(33)31-20-18-30(19-21-31)17-7-10-23-8-3-2-4-9-23/h2-16H,17-22H2,1H3/b10-7+. The van der Waals surface area contributed by atoms with Crippen LogP contribution in [0.5, 0.6) is 0 Å². The van der Waals surface area contributed by atoms with E-state index in [1.165, 1.54) is 9.87 Å². The van der Waals surface area contributed by atoms with Gasteiger partial charge >= 0.3 is 0 Å². The third-order valence-corrected chi connectivity index (χ3v) is 7.72. The summed E-state index contributed by atoms with van der Waals surface area (Å²) in [5, 5.41) is 0.507. The summed E-state index contributed by atoms with van der Waals surface area (Å²) in [6, 6.07) is 24.1. The van der Waals surface area contributed by atoms with Gasteiger partial charge in [0.25, 0.3) is 5.91 Å². The molecule has 1 fully saturated rings. The number of halogens is 1. The van der Waals surface area contributed by atoms with Crippen LogP contribution in [0.3, 0.4) is 0 Å². The number of amides is 1. The highest BCUT2D eigenvalue weighted by atomic mass is 35.5. The number of nitrogens with zero attached hydrogens (tertiary/aromatic N) is 3. The van der Waals surface area contributed by atoms with Gasteiger partial charge in [-0.3, -0.25) is 14.0 Å². The lowest BCUT2D eigenvalue weighted by Gasteiger charge is -2.34. The Morgan fingerprint density at radius 3 is 2.19 bits per heavy atom. The van der Waals surface area contributed by atoms with Gasteiger partial charge in [0.1, 0.15) is 0 Å². The molecule has 0 saturated carbocycles. The van der Waals surface area contributed by atoms with Crippen LogP contribution in [-0.4, -0.2) is 63.1 Å². The zero-order valence-corrected chi connectivity index (χ0v) is 21.8. The Morgan fingerprint density at radius 1 is 0.917 bits per heavy atom. The third-order valence-electron chi connectivity index (χ3n) is 6.21. The number of carbonyl (C=O) groups is 1. The number of benzene rings is 3. The molecule has 0 aromatic heterocycles. The van der Waals surface area contributed by atoms with Crippen LogP contribution < -0.4 is 4.31 Å². The van der Waals surface area contributed by atoms with Crippen molar-refractivity contribution in [2.75, 3.05) is 43.3 Å². The van der Waals surface area contributed by atoms with Crippen molar-refractivity contribution in [2.24, 2.45) is 0 Å². The molecule has 4 rings (SSSR count). The molecule has 36 heavy (non-hydrogen) atoms. The topological polar surface area (TPSA) is 60.9 Å². The summed E-state index contributed by atoms with van der Waals surface area (Å²) in [6.07, 6.45) is 5.43. The van der Waals surface area contributed by atoms with Gasteiger partial charge in [-0.25, -0.2) is 8.42 Å². The highest BCUT2D eigenvalue weighted by Crippen LogP contribution is 2.25. The van der Waals surface area contributed by atoms with E-state index in [1.807, 2.05) is 29.2 Å². The van der Waals surface area contributed by atoms with E-state index in [9.17, 15) is 13.2 Å². The van der Waals surface area contributed by atoms with E-state index in [2.05, 4.69) is 29.2 Å². The van der Waals surface area contributed by atoms with Crippen molar-refractivity contribution in [3.05, 3.63) is 107 Å². The minimum atomic E-state index is -3.55.